The Bertz CT molecular complexity index is 437. The lowest BCUT2D eigenvalue weighted by Crippen LogP contribution is -2.06. The smallest absolute Gasteiger partial charge is 0.182 e. The van der Waals surface area contributed by atoms with Crippen molar-refractivity contribution in [3.05, 3.63) is 24.1 Å². The third-order valence-corrected chi connectivity index (χ3v) is 2.11. The molecule has 74 valence electrons. The van der Waals surface area contributed by atoms with Crippen molar-refractivity contribution < 1.29 is 9.15 Å². The molecule has 4 heteroatoms. The standard InChI is InChI=1S/C10H12N2O2/c1-11-5-7-3-4-8-9(10(7)13-2)12-6-14-8/h3-4,6,11H,5H2,1-2H3. The Kier molecular flexibility index (Phi) is 2.37. The van der Waals surface area contributed by atoms with Crippen molar-refractivity contribution in [2.75, 3.05) is 14.2 Å². The van der Waals surface area contributed by atoms with Crippen LogP contribution in [0.1, 0.15) is 5.56 Å². The van der Waals surface area contributed by atoms with Crippen molar-refractivity contribution >= 4 is 11.1 Å². The number of nitrogens with zero attached hydrogens (tertiary/aromatic N) is 1. The van der Waals surface area contributed by atoms with E-state index in [0.717, 1.165) is 29.0 Å². The van der Waals surface area contributed by atoms with Crippen molar-refractivity contribution in [2.24, 2.45) is 0 Å². The van der Waals surface area contributed by atoms with E-state index in [1.54, 1.807) is 7.11 Å². The van der Waals surface area contributed by atoms with E-state index in [2.05, 4.69) is 10.3 Å². The average molecular weight is 192 g/mol. The van der Waals surface area contributed by atoms with Crippen LogP contribution < -0.4 is 10.1 Å². The average Bonchev–Trinajstić information content (AvgIpc) is 2.66. The maximum atomic E-state index is 5.31. The first-order valence-electron chi connectivity index (χ1n) is 4.40. The molecule has 1 aromatic heterocycles. The summed E-state index contributed by atoms with van der Waals surface area (Å²) in [6.07, 6.45) is 1.43. The predicted molar refractivity (Wildman–Crippen MR) is 53.3 cm³/mol. The minimum Gasteiger partial charge on any atom is -0.494 e. The van der Waals surface area contributed by atoms with Crippen LogP contribution in [0.25, 0.3) is 11.1 Å². The van der Waals surface area contributed by atoms with Gasteiger partial charge in [0.25, 0.3) is 0 Å². The summed E-state index contributed by atoms with van der Waals surface area (Å²) in [6, 6.07) is 3.88. The van der Waals surface area contributed by atoms with Crippen LogP contribution in [-0.4, -0.2) is 19.1 Å². The number of nitrogens with one attached hydrogen (secondary N) is 1. The molecule has 1 N–H and O–H groups in total. The van der Waals surface area contributed by atoms with Crippen LogP contribution in [0.5, 0.6) is 5.75 Å². The van der Waals surface area contributed by atoms with E-state index in [0.29, 0.717) is 0 Å². The lowest BCUT2D eigenvalue weighted by molar-refractivity contribution is 0.412. The van der Waals surface area contributed by atoms with Gasteiger partial charge >= 0.3 is 0 Å². The summed E-state index contributed by atoms with van der Waals surface area (Å²) in [4.78, 5) is 4.11. The Balaban J connectivity index is 2.60. The van der Waals surface area contributed by atoms with Crippen LogP contribution in [0, 0.1) is 0 Å². The second-order valence-corrected chi connectivity index (χ2v) is 2.99. The summed E-state index contributed by atoms with van der Waals surface area (Å²) < 4.78 is 10.5. The van der Waals surface area contributed by atoms with E-state index in [4.69, 9.17) is 9.15 Å². The van der Waals surface area contributed by atoms with E-state index < -0.39 is 0 Å². The fourth-order valence-electron chi connectivity index (χ4n) is 1.51. The van der Waals surface area contributed by atoms with Crippen LogP contribution in [0.4, 0.5) is 0 Å². The minimum absolute atomic E-state index is 0.752. The van der Waals surface area contributed by atoms with Crippen molar-refractivity contribution in [1.29, 1.82) is 0 Å². The third kappa shape index (κ3) is 1.33. The summed E-state index contributed by atoms with van der Waals surface area (Å²) in [5, 5.41) is 3.08. The maximum absolute atomic E-state index is 5.31. The summed E-state index contributed by atoms with van der Waals surface area (Å²) in [5.41, 5.74) is 2.61. The van der Waals surface area contributed by atoms with Gasteiger partial charge in [0.1, 0.15) is 0 Å². The maximum Gasteiger partial charge on any atom is 0.182 e. The second kappa shape index (κ2) is 3.67. The topological polar surface area (TPSA) is 47.3 Å². The first kappa shape index (κ1) is 9.02. The third-order valence-electron chi connectivity index (χ3n) is 2.11. The molecule has 0 unspecified atom stereocenters. The lowest BCUT2D eigenvalue weighted by Gasteiger charge is -2.07. The zero-order valence-corrected chi connectivity index (χ0v) is 8.20. The number of hydrogen-bond acceptors (Lipinski definition) is 4. The van der Waals surface area contributed by atoms with E-state index >= 15 is 0 Å². The van der Waals surface area contributed by atoms with Crippen LogP contribution in [0.2, 0.25) is 0 Å². The van der Waals surface area contributed by atoms with Gasteiger partial charge in [-0.3, -0.25) is 0 Å². The number of hydrogen-bond donors (Lipinski definition) is 1. The molecule has 0 fully saturated rings. The summed E-state index contributed by atoms with van der Waals surface area (Å²) in [6.45, 7) is 0.756. The molecule has 14 heavy (non-hydrogen) atoms. The number of ether oxygens (including phenoxy) is 1. The summed E-state index contributed by atoms with van der Waals surface area (Å²) in [5.74, 6) is 0.783. The fraction of sp³-hybridized carbons (Fsp3) is 0.300. The molecule has 0 saturated carbocycles. The number of oxazole rings is 1. The number of benzene rings is 1. The molecule has 0 aliphatic heterocycles. The Morgan fingerprint density at radius 1 is 1.50 bits per heavy atom. The molecule has 0 aliphatic rings. The Labute approximate surface area is 81.9 Å². The molecular formula is C10H12N2O2. The minimum atomic E-state index is 0.752. The quantitative estimate of drug-likeness (QED) is 0.801. The molecule has 0 bridgehead atoms. The molecule has 0 saturated heterocycles. The van der Waals surface area contributed by atoms with Crippen LogP contribution in [0.15, 0.2) is 22.9 Å². The van der Waals surface area contributed by atoms with Crippen LogP contribution in [-0.2, 0) is 6.54 Å². The first-order valence-corrected chi connectivity index (χ1v) is 4.40. The van der Waals surface area contributed by atoms with Crippen molar-refractivity contribution in [3.63, 3.8) is 0 Å². The summed E-state index contributed by atoms with van der Waals surface area (Å²) >= 11 is 0. The highest BCUT2D eigenvalue weighted by atomic mass is 16.5. The Hall–Kier alpha value is -1.55. The van der Waals surface area contributed by atoms with Gasteiger partial charge in [-0.15, -0.1) is 0 Å². The molecule has 0 amide bonds. The van der Waals surface area contributed by atoms with Gasteiger partial charge in [0.2, 0.25) is 0 Å². The van der Waals surface area contributed by atoms with Gasteiger partial charge in [-0.2, -0.15) is 0 Å². The summed E-state index contributed by atoms with van der Waals surface area (Å²) in [7, 11) is 3.54. The van der Waals surface area contributed by atoms with E-state index in [-0.39, 0.29) is 0 Å². The zero-order valence-electron chi connectivity index (χ0n) is 8.20. The van der Waals surface area contributed by atoms with Gasteiger partial charge in [-0.25, -0.2) is 4.98 Å². The van der Waals surface area contributed by atoms with Crippen molar-refractivity contribution in [3.8, 4) is 5.75 Å². The second-order valence-electron chi connectivity index (χ2n) is 2.99. The van der Waals surface area contributed by atoms with Gasteiger partial charge in [-0.05, 0) is 13.1 Å². The van der Waals surface area contributed by atoms with Gasteiger partial charge in [-0.1, -0.05) is 6.07 Å². The molecule has 0 atom stereocenters. The largest absolute Gasteiger partial charge is 0.494 e. The number of aromatic nitrogens is 1. The van der Waals surface area contributed by atoms with E-state index in [1.165, 1.54) is 6.39 Å². The molecule has 0 spiro atoms. The van der Waals surface area contributed by atoms with E-state index in [1.807, 2.05) is 19.2 Å². The molecular weight excluding hydrogens is 180 g/mol. The molecule has 2 rings (SSSR count). The monoisotopic (exact) mass is 192 g/mol. The number of fused-ring (bicyclic) bond motifs is 1. The molecule has 2 aromatic rings. The number of methoxy groups -OCH3 is 1. The van der Waals surface area contributed by atoms with Crippen LogP contribution >= 0.6 is 0 Å². The normalized spacial score (nSPS) is 10.7. The Morgan fingerprint density at radius 2 is 2.36 bits per heavy atom. The van der Waals surface area contributed by atoms with E-state index in [9.17, 15) is 0 Å². The predicted octanol–water partition coefficient (Wildman–Crippen LogP) is 1.56. The molecule has 1 heterocycles. The van der Waals surface area contributed by atoms with Gasteiger partial charge in [0.15, 0.2) is 23.2 Å². The molecule has 0 aliphatic carbocycles. The lowest BCUT2D eigenvalue weighted by atomic mass is 10.2. The SMILES string of the molecule is CNCc1ccc2ocnc2c1OC. The zero-order chi connectivity index (χ0) is 9.97. The highest BCUT2D eigenvalue weighted by Crippen LogP contribution is 2.28. The number of rotatable bonds is 3. The van der Waals surface area contributed by atoms with Crippen molar-refractivity contribution in [1.82, 2.24) is 10.3 Å². The Morgan fingerprint density at radius 3 is 3.07 bits per heavy atom. The molecule has 0 radical (unpaired) electrons. The fourth-order valence-corrected chi connectivity index (χ4v) is 1.51. The highest BCUT2D eigenvalue weighted by molar-refractivity contribution is 5.81. The highest BCUT2D eigenvalue weighted by Gasteiger charge is 2.10. The van der Waals surface area contributed by atoms with Gasteiger partial charge in [0, 0.05) is 12.1 Å². The van der Waals surface area contributed by atoms with Gasteiger partial charge in [0.05, 0.1) is 7.11 Å². The van der Waals surface area contributed by atoms with Crippen molar-refractivity contribution in [2.45, 2.75) is 6.54 Å². The molecule has 1 aromatic carbocycles. The van der Waals surface area contributed by atoms with Crippen LogP contribution in [0.3, 0.4) is 0 Å². The van der Waals surface area contributed by atoms with Gasteiger partial charge < -0.3 is 14.5 Å². The first-order chi connectivity index (χ1) is 6.86. The molecule has 4 nitrogen and oxygen atoms in total.